The van der Waals surface area contributed by atoms with Gasteiger partial charge in [0.25, 0.3) is 0 Å². The Balaban J connectivity index is 4.10. The first kappa shape index (κ1) is 11.2. The normalized spacial score (nSPS) is 16.3. The van der Waals surface area contributed by atoms with Crippen molar-refractivity contribution in [3.63, 3.8) is 0 Å². The Kier molecular flexibility index (Phi) is 3.11. The molecule has 0 aromatic carbocycles. The molecule has 0 aliphatic heterocycles. The molecule has 0 aromatic heterocycles. The summed E-state index contributed by atoms with van der Waals surface area (Å²) in [6.07, 6.45) is -0.954. The molecule has 5 nitrogen and oxygen atoms in total. The summed E-state index contributed by atoms with van der Waals surface area (Å²) in [5.74, 6) is 2.81. The van der Waals surface area contributed by atoms with Crippen molar-refractivity contribution in [1.82, 2.24) is 4.72 Å². The van der Waals surface area contributed by atoms with E-state index >= 15 is 0 Å². The number of nitrogens with one attached hydrogen (secondary N) is 1. The van der Waals surface area contributed by atoms with E-state index in [4.69, 9.17) is 4.55 Å². The van der Waals surface area contributed by atoms with E-state index < -0.39 is 21.7 Å². The predicted molar refractivity (Wildman–Crippen MR) is 47.3 cm³/mol. The maximum absolute atomic E-state index is 10.8. The third-order valence-corrected chi connectivity index (χ3v) is 1.13. The van der Waals surface area contributed by atoms with Gasteiger partial charge in [-0.1, -0.05) is 0 Å². The van der Waals surface area contributed by atoms with Crippen LogP contribution in [0, 0.1) is 0 Å². The lowest BCUT2D eigenvalue weighted by atomic mass is 10.2. The second-order valence-electron chi connectivity index (χ2n) is 3.24. The van der Waals surface area contributed by atoms with E-state index in [9.17, 15) is 9.00 Å². The maximum atomic E-state index is 10.8. The van der Waals surface area contributed by atoms with Gasteiger partial charge in [-0.15, -0.1) is 0 Å². The summed E-state index contributed by atoms with van der Waals surface area (Å²) in [7, 11) is -3.52. The van der Waals surface area contributed by atoms with Crippen molar-refractivity contribution in [2.75, 3.05) is 0 Å². The molecule has 0 aliphatic carbocycles. The second kappa shape index (κ2) is 3.32. The lowest BCUT2D eigenvalue weighted by Gasteiger charge is -2.19. The van der Waals surface area contributed by atoms with E-state index in [-0.39, 0.29) is 0 Å². The molecule has 0 aromatic rings. The van der Waals surface area contributed by atoms with Gasteiger partial charge in [-0.3, -0.25) is 4.55 Å². The molecule has 12 heavy (non-hydrogen) atoms. The fourth-order valence-corrected chi connectivity index (χ4v) is 0.731. The Hall–Kier alpha value is -0.750. The molecule has 0 saturated heterocycles. The zero-order chi connectivity index (χ0) is 9.99. The summed E-state index contributed by atoms with van der Waals surface area (Å²) in [6.45, 7) is 4.94. The van der Waals surface area contributed by atoms with Gasteiger partial charge in [0.2, 0.25) is 0 Å². The standard InChI is InChI=1S/C6H13NO4S/c1-6(2,3)11-5(8)7-12(4,9)10/h4H2,1-3H3,(H2,7,8,9,10). The Labute approximate surface area is 72.1 Å². The van der Waals surface area contributed by atoms with Crippen LogP contribution in [0.15, 0.2) is 0 Å². The highest BCUT2D eigenvalue weighted by Crippen LogP contribution is 2.06. The number of rotatable bonds is 1. The van der Waals surface area contributed by atoms with Gasteiger partial charge in [-0.05, 0) is 26.6 Å². The van der Waals surface area contributed by atoms with Crippen molar-refractivity contribution in [3.8, 4) is 0 Å². The number of carbonyl (C=O) groups is 1. The minimum atomic E-state index is -3.52. The molecule has 0 spiro atoms. The topological polar surface area (TPSA) is 75.6 Å². The first-order valence-electron chi connectivity index (χ1n) is 3.20. The van der Waals surface area contributed by atoms with Gasteiger partial charge in [0.15, 0.2) is 9.99 Å². The Bertz CT molecular complexity index is 262. The average molecular weight is 195 g/mol. The van der Waals surface area contributed by atoms with E-state index in [1.165, 1.54) is 0 Å². The fraction of sp³-hybridized carbons (Fsp3) is 0.667. The minimum absolute atomic E-state index is 0.686. The predicted octanol–water partition coefficient (Wildman–Crippen LogP) is 0.615. The molecular formula is C6H13NO4S. The summed E-state index contributed by atoms with van der Waals surface area (Å²) in [6, 6.07) is 0. The first-order valence-corrected chi connectivity index (χ1v) is 4.89. The summed E-state index contributed by atoms with van der Waals surface area (Å²) in [4.78, 5) is 10.8. The third-order valence-electron chi connectivity index (χ3n) is 0.642. The maximum Gasteiger partial charge on any atom is 0.420 e. The van der Waals surface area contributed by atoms with Gasteiger partial charge >= 0.3 is 6.09 Å². The van der Waals surface area contributed by atoms with E-state index in [0.29, 0.717) is 0 Å². The molecule has 0 radical (unpaired) electrons. The molecule has 0 bridgehead atoms. The van der Waals surface area contributed by atoms with Crippen molar-refractivity contribution >= 4 is 22.0 Å². The zero-order valence-electron chi connectivity index (χ0n) is 7.29. The van der Waals surface area contributed by atoms with Gasteiger partial charge in [0.1, 0.15) is 5.60 Å². The Morgan fingerprint density at radius 2 is 2.00 bits per heavy atom. The van der Waals surface area contributed by atoms with Crippen molar-refractivity contribution < 1.29 is 18.3 Å². The minimum Gasteiger partial charge on any atom is -0.443 e. The number of ether oxygens (including phenoxy) is 1. The van der Waals surface area contributed by atoms with E-state index in [1.54, 1.807) is 25.5 Å². The van der Waals surface area contributed by atoms with Gasteiger partial charge in [0, 0.05) is 0 Å². The van der Waals surface area contributed by atoms with E-state index in [2.05, 4.69) is 10.6 Å². The lowest BCUT2D eigenvalue weighted by molar-refractivity contribution is 0.0569. The van der Waals surface area contributed by atoms with Gasteiger partial charge in [-0.25, -0.2) is 13.7 Å². The number of hydrogen-bond acceptors (Lipinski definition) is 3. The summed E-state index contributed by atoms with van der Waals surface area (Å²) in [5.41, 5.74) is -0.686. The van der Waals surface area contributed by atoms with Crippen LogP contribution in [0.25, 0.3) is 0 Å². The third kappa shape index (κ3) is 7.36. The second-order valence-corrected chi connectivity index (χ2v) is 4.73. The van der Waals surface area contributed by atoms with Crippen LogP contribution in [0.2, 0.25) is 0 Å². The van der Waals surface area contributed by atoms with Crippen molar-refractivity contribution in [2.45, 2.75) is 26.4 Å². The molecule has 2 N–H and O–H groups in total. The summed E-state index contributed by atoms with van der Waals surface area (Å²) >= 11 is 0. The number of hydrogen-bond donors (Lipinski definition) is 2. The SMILES string of the molecule is C=S(=O)(O)NC(=O)OC(C)(C)C. The smallest absolute Gasteiger partial charge is 0.420 e. The van der Waals surface area contributed by atoms with Crippen molar-refractivity contribution in [3.05, 3.63) is 0 Å². The Morgan fingerprint density at radius 1 is 1.58 bits per heavy atom. The average Bonchev–Trinajstić information content (AvgIpc) is 1.49. The molecule has 1 amide bonds. The van der Waals surface area contributed by atoms with Crippen LogP contribution < -0.4 is 4.72 Å². The van der Waals surface area contributed by atoms with E-state index in [1.807, 2.05) is 0 Å². The van der Waals surface area contributed by atoms with Crippen LogP contribution in [0.1, 0.15) is 20.8 Å². The molecule has 0 fully saturated rings. The lowest BCUT2D eigenvalue weighted by Crippen LogP contribution is -2.35. The molecule has 72 valence electrons. The van der Waals surface area contributed by atoms with Crippen molar-refractivity contribution in [1.29, 1.82) is 0 Å². The molecule has 0 heterocycles. The molecule has 0 rings (SSSR count). The number of carbonyl (C=O) groups excluding carboxylic acids is 1. The van der Waals surface area contributed by atoms with Gasteiger partial charge < -0.3 is 4.74 Å². The molecule has 1 unspecified atom stereocenters. The molecule has 1 atom stereocenters. The summed E-state index contributed by atoms with van der Waals surface area (Å²) < 4.78 is 25.5. The van der Waals surface area contributed by atoms with E-state index in [0.717, 1.165) is 0 Å². The van der Waals surface area contributed by atoms with Crippen LogP contribution in [-0.4, -0.2) is 26.3 Å². The summed E-state index contributed by atoms with van der Waals surface area (Å²) in [5, 5.41) is 0. The van der Waals surface area contributed by atoms with Gasteiger partial charge in [-0.2, -0.15) is 0 Å². The van der Waals surface area contributed by atoms with Crippen LogP contribution >= 0.6 is 0 Å². The highest BCUT2D eigenvalue weighted by molar-refractivity contribution is 7.93. The highest BCUT2D eigenvalue weighted by atomic mass is 32.2. The van der Waals surface area contributed by atoms with Crippen LogP contribution in [-0.2, 0) is 14.7 Å². The van der Waals surface area contributed by atoms with Crippen LogP contribution in [0.4, 0.5) is 4.79 Å². The van der Waals surface area contributed by atoms with Crippen molar-refractivity contribution in [2.24, 2.45) is 0 Å². The fourth-order valence-electron chi connectivity index (χ4n) is 0.429. The highest BCUT2D eigenvalue weighted by Gasteiger charge is 2.17. The zero-order valence-corrected chi connectivity index (χ0v) is 8.10. The molecule has 6 heteroatoms. The number of amides is 1. The molecular weight excluding hydrogens is 182 g/mol. The molecule has 0 aliphatic rings. The quantitative estimate of drug-likeness (QED) is 0.601. The first-order chi connectivity index (χ1) is 5.10. The largest absolute Gasteiger partial charge is 0.443 e. The van der Waals surface area contributed by atoms with Gasteiger partial charge in [0.05, 0.1) is 0 Å². The van der Waals surface area contributed by atoms with Crippen LogP contribution in [0.5, 0.6) is 0 Å². The van der Waals surface area contributed by atoms with Crippen LogP contribution in [0.3, 0.4) is 0 Å². The molecule has 0 saturated carbocycles. The Morgan fingerprint density at radius 3 is 2.25 bits per heavy atom. The monoisotopic (exact) mass is 195 g/mol.